The van der Waals surface area contributed by atoms with Crippen molar-refractivity contribution in [1.82, 2.24) is 9.55 Å². The van der Waals surface area contributed by atoms with Gasteiger partial charge in [0.1, 0.15) is 0 Å². The van der Waals surface area contributed by atoms with E-state index in [4.69, 9.17) is 16.3 Å². The molecule has 1 aromatic carbocycles. The minimum Gasteiger partial charge on any atom is -0.376 e. The highest BCUT2D eigenvalue weighted by atomic mass is 35.5. The van der Waals surface area contributed by atoms with Gasteiger partial charge in [-0.05, 0) is 38.0 Å². The fraction of sp³-hybridized carbons (Fsp3) is 0.316. The Labute approximate surface area is 159 Å². The van der Waals surface area contributed by atoms with E-state index >= 15 is 0 Å². The maximum absolute atomic E-state index is 12.9. The number of carbonyl (C=O) groups is 1. The molecule has 4 rings (SSSR count). The molecule has 3 heterocycles. The van der Waals surface area contributed by atoms with E-state index in [-0.39, 0.29) is 12.0 Å². The van der Waals surface area contributed by atoms with Gasteiger partial charge in [0.15, 0.2) is 4.80 Å². The van der Waals surface area contributed by atoms with E-state index < -0.39 is 0 Å². The van der Waals surface area contributed by atoms with Crippen LogP contribution in [0, 0.1) is 6.92 Å². The predicted molar refractivity (Wildman–Crippen MR) is 103 cm³/mol. The predicted octanol–water partition coefficient (Wildman–Crippen LogP) is 3.98. The molecule has 0 N–H and O–H groups in total. The van der Waals surface area contributed by atoms with E-state index in [1.807, 2.05) is 29.8 Å². The highest BCUT2D eigenvalue weighted by molar-refractivity contribution is 7.09. The largest absolute Gasteiger partial charge is 0.376 e. The number of hydrogen-bond donors (Lipinski definition) is 0. The lowest BCUT2D eigenvalue weighted by Crippen LogP contribution is -2.23. The van der Waals surface area contributed by atoms with Crippen molar-refractivity contribution >= 4 is 39.7 Å². The van der Waals surface area contributed by atoms with E-state index in [0.717, 1.165) is 29.7 Å². The fourth-order valence-electron chi connectivity index (χ4n) is 3.20. The average Bonchev–Trinajstić information content (AvgIpc) is 3.24. The van der Waals surface area contributed by atoms with Gasteiger partial charge in [-0.3, -0.25) is 9.78 Å². The number of carbonyl (C=O) groups excluding carboxylic acids is 1. The van der Waals surface area contributed by atoms with Crippen LogP contribution in [0.2, 0.25) is 5.02 Å². The molecule has 1 fully saturated rings. The second-order valence-corrected chi connectivity index (χ2v) is 8.01. The summed E-state index contributed by atoms with van der Waals surface area (Å²) in [6.45, 7) is 3.53. The van der Waals surface area contributed by atoms with Crippen molar-refractivity contribution < 1.29 is 9.53 Å². The molecule has 7 heteroatoms. The number of rotatable bonds is 3. The molecule has 1 aliphatic rings. The molecule has 0 saturated carbocycles. The van der Waals surface area contributed by atoms with E-state index in [9.17, 15) is 4.79 Å². The lowest BCUT2D eigenvalue weighted by Gasteiger charge is -2.10. The highest BCUT2D eigenvalue weighted by Crippen LogP contribution is 2.23. The number of fused-ring (bicyclic) bond motifs is 1. The van der Waals surface area contributed by atoms with Crippen molar-refractivity contribution in [3.05, 3.63) is 56.9 Å². The maximum atomic E-state index is 12.9. The Morgan fingerprint density at radius 1 is 1.50 bits per heavy atom. The van der Waals surface area contributed by atoms with Gasteiger partial charge < -0.3 is 9.30 Å². The number of nitrogens with zero attached hydrogens (tertiary/aromatic N) is 3. The van der Waals surface area contributed by atoms with Crippen LogP contribution in [0.1, 0.15) is 28.1 Å². The van der Waals surface area contributed by atoms with Crippen molar-refractivity contribution in [2.45, 2.75) is 32.4 Å². The zero-order valence-corrected chi connectivity index (χ0v) is 15.9. The third-order valence-corrected chi connectivity index (χ3v) is 5.51. The second kappa shape index (κ2) is 7.31. The summed E-state index contributed by atoms with van der Waals surface area (Å²) in [6.07, 6.45) is 6.00. The van der Waals surface area contributed by atoms with Crippen molar-refractivity contribution in [3.63, 3.8) is 0 Å². The first-order valence-electron chi connectivity index (χ1n) is 8.52. The van der Waals surface area contributed by atoms with E-state index in [0.29, 0.717) is 27.4 Å². The zero-order chi connectivity index (χ0) is 18.1. The minimum absolute atomic E-state index is 0.187. The van der Waals surface area contributed by atoms with E-state index in [1.54, 1.807) is 18.3 Å². The average molecular weight is 388 g/mol. The number of hydrogen-bond acceptors (Lipinski definition) is 4. The van der Waals surface area contributed by atoms with Gasteiger partial charge in [0.2, 0.25) is 0 Å². The van der Waals surface area contributed by atoms with Gasteiger partial charge in [-0.25, -0.2) is 0 Å². The van der Waals surface area contributed by atoms with Crippen molar-refractivity contribution in [2.24, 2.45) is 4.99 Å². The molecule has 0 bridgehead atoms. The molecule has 0 spiro atoms. The molecule has 3 aromatic rings. The maximum Gasteiger partial charge on any atom is 0.281 e. The number of amides is 1. The summed E-state index contributed by atoms with van der Waals surface area (Å²) in [6, 6.07) is 7.14. The topological polar surface area (TPSA) is 56.5 Å². The Morgan fingerprint density at radius 3 is 3.19 bits per heavy atom. The number of benzene rings is 1. The molecule has 0 radical (unpaired) electrons. The first-order chi connectivity index (χ1) is 12.6. The smallest absolute Gasteiger partial charge is 0.281 e. The lowest BCUT2D eigenvalue weighted by atomic mass is 10.1. The number of halogens is 1. The molecule has 26 heavy (non-hydrogen) atoms. The Kier molecular flexibility index (Phi) is 4.89. The fourth-order valence-corrected chi connectivity index (χ4v) is 4.26. The third-order valence-electron chi connectivity index (χ3n) is 4.36. The van der Waals surface area contributed by atoms with Gasteiger partial charge in [-0.1, -0.05) is 17.7 Å². The molecule has 1 atom stereocenters. The molecule has 1 saturated heterocycles. The molecule has 134 valence electrons. The summed E-state index contributed by atoms with van der Waals surface area (Å²) in [4.78, 5) is 23.4. The Balaban J connectivity index is 1.74. The summed E-state index contributed by atoms with van der Waals surface area (Å²) < 4.78 is 7.72. The summed E-state index contributed by atoms with van der Waals surface area (Å²) in [7, 11) is 0. The normalized spacial score (nSPS) is 17.9. The van der Waals surface area contributed by atoms with Crippen molar-refractivity contribution in [1.29, 1.82) is 0 Å². The van der Waals surface area contributed by atoms with Gasteiger partial charge in [-0.15, -0.1) is 11.3 Å². The third kappa shape index (κ3) is 3.58. The number of aryl methyl sites for hydroxylation is 1. The number of pyridine rings is 1. The molecule has 5 nitrogen and oxygen atoms in total. The van der Waals surface area contributed by atoms with Gasteiger partial charge in [0.05, 0.1) is 23.7 Å². The second-order valence-electron chi connectivity index (χ2n) is 6.36. The molecule has 1 unspecified atom stereocenters. The minimum atomic E-state index is -0.334. The van der Waals surface area contributed by atoms with E-state index in [1.165, 1.54) is 11.3 Å². The molecule has 1 amide bonds. The number of ether oxygens (including phenoxy) is 1. The van der Waals surface area contributed by atoms with Crippen LogP contribution in [-0.2, 0) is 11.3 Å². The summed E-state index contributed by atoms with van der Waals surface area (Å²) >= 11 is 7.68. The quantitative estimate of drug-likeness (QED) is 0.683. The summed E-state index contributed by atoms with van der Waals surface area (Å²) in [5, 5.41) is 1.33. The zero-order valence-electron chi connectivity index (χ0n) is 14.3. The van der Waals surface area contributed by atoms with Gasteiger partial charge in [-0.2, -0.15) is 4.99 Å². The molecule has 0 aliphatic carbocycles. The molecular formula is C19H18ClN3O2S. The lowest BCUT2D eigenvalue weighted by molar-refractivity contribution is 0.0950. The molecule has 1 aliphatic heterocycles. The van der Waals surface area contributed by atoms with Crippen LogP contribution in [0.3, 0.4) is 0 Å². The number of aromatic nitrogens is 2. The van der Waals surface area contributed by atoms with Crippen LogP contribution in [0.25, 0.3) is 10.9 Å². The first-order valence-corrected chi connectivity index (χ1v) is 9.71. The van der Waals surface area contributed by atoms with Gasteiger partial charge in [0.25, 0.3) is 5.91 Å². The Bertz CT molecular complexity index is 1030. The Hall–Kier alpha value is -2.02. The Morgan fingerprint density at radius 2 is 2.38 bits per heavy atom. The molecule has 2 aromatic heterocycles. The standard InChI is InChI=1S/C19H18ClN3O2S/c1-12-10-23(11-15-5-3-7-25-15)19(26-12)22-18(24)16-9-14(20)8-13-4-2-6-21-17(13)16/h2,4,6,8-10,15H,3,5,7,11H2,1H3/b22-19-. The SMILES string of the molecule is Cc1cn(CC2CCCO2)/c(=N/C(=O)c2cc(Cl)cc3cccnc23)s1. The van der Waals surface area contributed by atoms with E-state index in [2.05, 4.69) is 9.98 Å². The monoisotopic (exact) mass is 387 g/mol. The van der Waals surface area contributed by atoms with Crippen LogP contribution in [0.5, 0.6) is 0 Å². The van der Waals surface area contributed by atoms with Gasteiger partial charge in [0, 0.05) is 34.3 Å². The van der Waals surface area contributed by atoms with Gasteiger partial charge >= 0.3 is 0 Å². The van der Waals surface area contributed by atoms with Crippen molar-refractivity contribution in [2.75, 3.05) is 6.61 Å². The van der Waals surface area contributed by atoms with Crippen LogP contribution in [-0.4, -0.2) is 28.2 Å². The summed E-state index contributed by atoms with van der Waals surface area (Å²) in [5.74, 6) is -0.334. The van der Waals surface area contributed by atoms with Crippen LogP contribution < -0.4 is 4.80 Å². The first kappa shape index (κ1) is 17.4. The number of thiazole rings is 1. The molecular weight excluding hydrogens is 370 g/mol. The van der Waals surface area contributed by atoms with Crippen LogP contribution in [0.4, 0.5) is 0 Å². The summed E-state index contributed by atoms with van der Waals surface area (Å²) in [5.41, 5.74) is 1.03. The van der Waals surface area contributed by atoms with Crippen LogP contribution in [0.15, 0.2) is 41.7 Å². The van der Waals surface area contributed by atoms with Crippen LogP contribution >= 0.6 is 22.9 Å². The highest BCUT2D eigenvalue weighted by Gasteiger charge is 2.18. The van der Waals surface area contributed by atoms with Crippen molar-refractivity contribution in [3.8, 4) is 0 Å².